The summed E-state index contributed by atoms with van der Waals surface area (Å²) in [6.07, 6.45) is 4.22. The third-order valence-corrected chi connectivity index (χ3v) is 2.06. The van der Waals surface area contributed by atoms with Crippen LogP contribution in [0, 0.1) is 0 Å². The number of rotatable bonds is 3. The fraction of sp³-hybridized carbons (Fsp3) is 0. The minimum Gasteiger partial charge on any atom is -0.422 e. The van der Waals surface area contributed by atoms with Gasteiger partial charge in [-0.15, -0.1) is 0 Å². The Morgan fingerprint density at radius 1 is 1.47 bits per heavy atom. The van der Waals surface area contributed by atoms with E-state index in [9.17, 15) is 4.79 Å². The van der Waals surface area contributed by atoms with E-state index in [1.54, 1.807) is 6.07 Å². The van der Waals surface area contributed by atoms with Crippen molar-refractivity contribution >= 4 is 24.3 Å². The number of pyridine rings is 1. The molecule has 2 rings (SSSR count). The Morgan fingerprint density at radius 3 is 2.94 bits per heavy atom. The van der Waals surface area contributed by atoms with Crippen molar-refractivity contribution in [3.8, 4) is 0 Å². The predicted octanol–water partition coefficient (Wildman–Crippen LogP) is -1.26. The van der Waals surface area contributed by atoms with E-state index in [1.807, 2.05) is 0 Å². The molecule has 0 radical (unpaired) electrons. The zero-order valence-electron chi connectivity index (χ0n) is 8.66. The third-order valence-electron chi connectivity index (χ3n) is 2.06. The SMILES string of the molecule is O=C(Nc1ccnc(B(O)O)c1)c1cn[nH]c1. The van der Waals surface area contributed by atoms with E-state index in [1.165, 1.54) is 24.7 Å². The van der Waals surface area contributed by atoms with Gasteiger partial charge >= 0.3 is 7.12 Å². The van der Waals surface area contributed by atoms with Crippen LogP contribution in [0.5, 0.6) is 0 Å². The largest absolute Gasteiger partial charge is 0.508 e. The number of aromatic nitrogens is 3. The molecule has 0 saturated heterocycles. The molecule has 0 aliphatic rings. The van der Waals surface area contributed by atoms with Crippen molar-refractivity contribution in [1.82, 2.24) is 15.2 Å². The normalized spacial score (nSPS) is 10.0. The van der Waals surface area contributed by atoms with Crippen molar-refractivity contribution in [3.63, 3.8) is 0 Å². The molecule has 0 aromatic carbocycles. The number of nitrogens with one attached hydrogen (secondary N) is 2. The summed E-state index contributed by atoms with van der Waals surface area (Å²) in [5, 5.41) is 26.6. The van der Waals surface area contributed by atoms with Crippen LogP contribution in [0.2, 0.25) is 0 Å². The molecular weight excluding hydrogens is 223 g/mol. The molecule has 0 spiro atoms. The lowest BCUT2D eigenvalue weighted by atomic mass is 9.85. The van der Waals surface area contributed by atoms with Crippen LogP contribution in [0.3, 0.4) is 0 Å². The molecule has 86 valence electrons. The molecule has 0 aliphatic heterocycles. The molecule has 2 heterocycles. The quantitative estimate of drug-likeness (QED) is 0.493. The number of H-pyrrole nitrogens is 1. The summed E-state index contributed by atoms with van der Waals surface area (Å²) in [7, 11) is -1.67. The van der Waals surface area contributed by atoms with E-state index in [0.29, 0.717) is 11.3 Å². The highest BCUT2D eigenvalue weighted by molar-refractivity contribution is 6.57. The number of aromatic amines is 1. The van der Waals surface area contributed by atoms with Crippen LogP contribution < -0.4 is 10.9 Å². The van der Waals surface area contributed by atoms with Crippen LogP contribution in [-0.2, 0) is 0 Å². The Bertz CT molecular complexity index is 515. The fourth-order valence-electron chi connectivity index (χ4n) is 1.25. The first-order chi connectivity index (χ1) is 8.16. The summed E-state index contributed by atoms with van der Waals surface area (Å²) in [6.45, 7) is 0. The molecule has 4 N–H and O–H groups in total. The molecule has 0 unspecified atom stereocenters. The van der Waals surface area contributed by atoms with Crippen molar-refractivity contribution in [3.05, 3.63) is 36.3 Å². The van der Waals surface area contributed by atoms with E-state index in [0.717, 1.165) is 0 Å². The molecule has 7 nitrogen and oxygen atoms in total. The summed E-state index contributed by atoms with van der Waals surface area (Å²) in [5.41, 5.74) is 0.872. The highest BCUT2D eigenvalue weighted by atomic mass is 16.4. The maximum absolute atomic E-state index is 11.6. The number of hydrogen-bond donors (Lipinski definition) is 4. The number of carbonyl (C=O) groups excluding carboxylic acids is 1. The van der Waals surface area contributed by atoms with Gasteiger partial charge in [-0.3, -0.25) is 14.9 Å². The molecule has 17 heavy (non-hydrogen) atoms. The summed E-state index contributed by atoms with van der Waals surface area (Å²) in [6, 6.07) is 2.92. The van der Waals surface area contributed by atoms with E-state index < -0.39 is 7.12 Å². The lowest BCUT2D eigenvalue weighted by Gasteiger charge is -2.05. The Labute approximate surface area is 96.7 Å². The number of anilines is 1. The van der Waals surface area contributed by atoms with Crippen LogP contribution in [0.1, 0.15) is 10.4 Å². The monoisotopic (exact) mass is 232 g/mol. The second-order valence-corrected chi connectivity index (χ2v) is 3.28. The van der Waals surface area contributed by atoms with Gasteiger partial charge in [-0.2, -0.15) is 5.10 Å². The molecule has 0 atom stereocenters. The van der Waals surface area contributed by atoms with Crippen LogP contribution in [0.4, 0.5) is 5.69 Å². The molecule has 0 fully saturated rings. The standard InChI is InChI=1S/C9H9BN4O3/c15-9(6-4-12-13-5-6)14-7-1-2-11-8(3-7)10(16)17/h1-5,16-17H,(H,12,13)(H,11,14,15). The van der Waals surface area contributed by atoms with E-state index in [2.05, 4.69) is 20.5 Å². The zero-order chi connectivity index (χ0) is 12.3. The molecule has 0 saturated carbocycles. The van der Waals surface area contributed by atoms with E-state index >= 15 is 0 Å². The smallest absolute Gasteiger partial charge is 0.422 e. The first-order valence-electron chi connectivity index (χ1n) is 4.79. The highest BCUT2D eigenvalue weighted by Crippen LogP contribution is 2.05. The summed E-state index contributed by atoms with van der Waals surface area (Å²) in [5.74, 6) is -0.344. The molecule has 1 amide bonds. The van der Waals surface area contributed by atoms with Gasteiger partial charge in [-0.05, 0) is 12.1 Å². The van der Waals surface area contributed by atoms with E-state index in [4.69, 9.17) is 10.0 Å². The van der Waals surface area contributed by atoms with Gasteiger partial charge in [0.15, 0.2) is 0 Å². The van der Waals surface area contributed by atoms with Crippen LogP contribution in [0.15, 0.2) is 30.7 Å². The first kappa shape index (κ1) is 11.3. The number of nitrogens with zero attached hydrogens (tertiary/aromatic N) is 2. The van der Waals surface area contributed by atoms with Gasteiger partial charge in [-0.1, -0.05) is 0 Å². The third kappa shape index (κ3) is 2.68. The summed E-state index contributed by atoms with van der Waals surface area (Å²) >= 11 is 0. The van der Waals surface area contributed by atoms with Gasteiger partial charge in [-0.25, -0.2) is 0 Å². The average molecular weight is 232 g/mol. The van der Waals surface area contributed by atoms with Gasteiger partial charge in [0.25, 0.3) is 5.91 Å². The molecular formula is C9H9BN4O3. The van der Waals surface area contributed by atoms with E-state index in [-0.39, 0.29) is 11.5 Å². The van der Waals surface area contributed by atoms with Gasteiger partial charge in [0, 0.05) is 18.1 Å². The maximum atomic E-state index is 11.6. The Hall–Kier alpha value is -2.19. The second kappa shape index (κ2) is 4.77. The zero-order valence-corrected chi connectivity index (χ0v) is 8.66. The topological polar surface area (TPSA) is 111 Å². The predicted molar refractivity (Wildman–Crippen MR) is 60.6 cm³/mol. The maximum Gasteiger partial charge on any atom is 0.508 e. The van der Waals surface area contributed by atoms with Gasteiger partial charge in [0.05, 0.1) is 17.4 Å². The van der Waals surface area contributed by atoms with Gasteiger partial charge in [0.1, 0.15) is 0 Å². The minimum absolute atomic E-state index is 0.0648. The Morgan fingerprint density at radius 2 is 2.29 bits per heavy atom. The number of hydrogen-bond acceptors (Lipinski definition) is 5. The van der Waals surface area contributed by atoms with Crippen molar-refractivity contribution in [2.75, 3.05) is 5.32 Å². The summed E-state index contributed by atoms with van der Waals surface area (Å²) in [4.78, 5) is 15.4. The number of carbonyl (C=O) groups is 1. The lowest BCUT2D eigenvalue weighted by molar-refractivity contribution is 0.102. The summed E-state index contributed by atoms with van der Waals surface area (Å²) < 4.78 is 0. The van der Waals surface area contributed by atoms with Crippen LogP contribution in [-0.4, -0.2) is 38.3 Å². The van der Waals surface area contributed by atoms with Crippen molar-refractivity contribution in [2.24, 2.45) is 0 Å². The molecule has 2 aromatic rings. The van der Waals surface area contributed by atoms with Gasteiger partial charge in [0.2, 0.25) is 0 Å². The highest BCUT2D eigenvalue weighted by Gasteiger charge is 2.14. The molecule has 0 aliphatic carbocycles. The lowest BCUT2D eigenvalue weighted by Crippen LogP contribution is -2.32. The van der Waals surface area contributed by atoms with Crippen molar-refractivity contribution in [1.29, 1.82) is 0 Å². The molecule has 0 bridgehead atoms. The molecule has 2 aromatic heterocycles. The Kier molecular flexibility index (Phi) is 3.17. The minimum atomic E-state index is -1.67. The Balaban J connectivity index is 2.14. The second-order valence-electron chi connectivity index (χ2n) is 3.28. The molecule has 8 heteroatoms. The number of amides is 1. The van der Waals surface area contributed by atoms with Gasteiger partial charge < -0.3 is 15.4 Å². The van der Waals surface area contributed by atoms with Crippen LogP contribution in [0.25, 0.3) is 0 Å². The average Bonchev–Trinajstić information content (AvgIpc) is 2.82. The fourth-order valence-corrected chi connectivity index (χ4v) is 1.25. The van der Waals surface area contributed by atoms with Crippen molar-refractivity contribution < 1.29 is 14.8 Å². The van der Waals surface area contributed by atoms with Crippen molar-refractivity contribution in [2.45, 2.75) is 0 Å². The van der Waals surface area contributed by atoms with Crippen LogP contribution >= 0.6 is 0 Å². The first-order valence-corrected chi connectivity index (χ1v) is 4.79.